The van der Waals surface area contributed by atoms with Gasteiger partial charge in [-0.3, -0.25) is 9.36 Å². The van der Waals surface area contributed by atoms with E-state index < -0.39 is 0 Å². The molecule has 0 bridgehead atoms. The molecule has 0 N–H and O–H groups in total. The van der Waals surface area contributed by atoms with Crippen LogP contribution in [0.15, 0.2) is 70.4 Å². The van der Waals surface area contributed by atoms with E-state index in [9.17, 15) is 4.79 Å². The number of halogens is 1. The van der Waals surface area contributed by atoms with Crippen molar-refractivity contribution in [2.24, 2.45) is 7.05 Å². The molecule has 7 heteroatoms. The third-order valence-electron chi connectivity index (χ3n) is 5.55. The van der Waals surface area contributed by atoms with Crippen molar-refractivity contribution in [1.82, 2.24) is 4.57 Å². The Labute approximate surface area is 206 Å². The van der Waals surface area contributed by atoms with E-state index in [0.717, 1.165) is 25.6 Å². The lowest BCUT2D eigenvalue weighted by Crippen LogP contribution is -3.00. The second-order valence-corrected chi connectivity index (χ2v) is 9.33. The highest BCUT2D eigenvalue weighted by molar-refractivity contribution is 8.08. The first-order valence-electron chi connectivity index (χ1n) is 9.92. The number of benzene rings is 2. The van der Waals surface area contributed by atoms with Crippen molar-refractivity contribution in [2.75, 3.05) is 11.9 Å². The minimum Gasteiger partial charge on any atom is -1.00 e. The van der Waals surface area contributed by atoms with E-state index in [4.69, 9.17) is 0 Å². The maximum absolute atomic E-state index is 13.3. The first-order valence-corrected chi connectivity index (χ1v) is 11.6. The molecule has 0 saturated carbocycles. The van der Waals surface area contributed by atoms with Gasteiger partial charge in [0.05, 0.1) is 5.69 Å². The van der Waals surface area contributed by atoms with E-state index in [2.05, 4.69) is 71.1 Å². The lowest BCUT2D eigenvalue weighted by Gasteiger charge is -2.11. The van der Waals surface area contributed by atoms with Gasteiger partial charge in [-0.15, -0.1) is 11.3 Å². The second kappa shape index (κ2) is 8.80. The van der Waals surface area contributed by atoms with Crippen molar-refractivity contribution in [3.8, 4) is 0 Å². The number of aromatic nitrogens is 2. The van der Waals surface area contributed by atoms with Gasteiger partial charge in [0.2, 0.25) is 11.2 Å². The smallest absolute Gasteiger partial charge is 0.271 e. The Bertz CT molecular complexity index is 1470. The zero-order chi connectivity index (χ0) is 20.8. The molecule has 158 valence electrons. The number of pyridine rings is 1. The fourth-order valence-corrected chi connectivity index (χ4v) is 6.36. The van der Waals surface area contributed by atoms with E-state index in [1.165, 1.54) is 15.8 Å². The average Bonchev–Trinajstić information content (AvgIpc) is 3.26. The number of thiazole rings is 1. The summed E-state index contributed by atoms with van der Waals surface area (Å²) in [6.07, 6.45) is 2.12. The highest BCUT2D eigenvalue weighted by Crippen LogP contribution is 2.44. The molecule has 0 saturated heterocycles. The summed E-state index contributed by atoms with van der Waals surface area (Å²) in [6.45, 7) is 2.67. The second-order valence-electron chi connectivity index (χ2n) is 7.27. The summed E-state index contributed by atoms with van der Waals surface area (Å²) in [6, 6.07) is 20.9. The number of fused-ring (bicyclic) bond motifs is 2. The quantitative estimate of drug-likeness (QED) is 0.257. The molecule has 5 rings (SSSR count). The molecule has 1 aliphatic heterocycles. The Morgan fingerprint density at radius 3 is 2.55 bits per heavy atom. The lowest BCUT2D eigenvalue weighted by atomic mass is 10.2. The summed E-state index contributed by atoms with van der Waals surface area (Å²) < 4.78 is 5.83. The average molecular weight is 559 g/mol. The van der Waals surface area contributed by atoms with E-state index in [1.807, 2.05) is 30.7 Å². The van der Waals surface area contributed by atoms with Crippen LogP contribution in [-0.2, 0) is 13.6 Å². The Kier molecular flexibility index (Phi) is 6.27. The third kappa shape index (κ3) is 3.72. The SMILES string of the molecule is CCn1c(=O)/c(=C2\Sc3ccccc3N2C)s/c1=C\c1ccc2ccccc2[n+]1C.[I-]. The molecule has 1 aliphatic rings. The van der Waals surface area contributed by atoms with Crippen molar-refractivity contribution in [1.29, 1.82) is 0 Å². The standard InChI is InChI=1S/C24H22N3OS2.HI/c1-4-27-21(15-17-14-13-16-9-5-6-10-18(16)25(17)2)30-22(23(27)28)24-26(3)19-11-7-8-12-20(19)29-24;/h5-15H,4H2,1-3H3;1H/q+1;/p-1/b24-22+;. The summed E-state index contributed by atoms with van der Waals surface area (Å²) in [4.78, 5) is 16.6. The number of rotatable bonds is 2. The molecular weight excluding hydrogens is 537 g/mol. The number of aryl methyl sites for hydroxylation is 1. The lowest BCUT2D eigenvalue weighted by molar-refractivity contribution is -0.646. The highest BCUT2D eigenvalue weighted by atomic mass is 127. The maximum Gasteiger partial charge on any atom is 0.271 e. The minimum absolute atomic E-state index is 0. The minimum atomic E-state index is 0. The first kappa shape index (κ1) is 22.1. The van der Waals surface area contributed by atoms with Crippen LogP contribution in [0.5, 0.6) is 0 Å². The van der Waals surface area contributed by atoms with Crippen molar-refractivity contribution < 1.29 is 28.5 Å². The molecule has 2 aromatic heterocycles. The number of anilines is 1. The summed E-state index contributed by atoms with van der Waals surface area (Å²) in [7, 11) is 4.11. The van der Waals surface area contributed by atoms with Gasteiger partial charge in [0.1, 0.15) is 21.3 Å². The van der Waals surface area contributed by atoms with Crippen LogP contribution in [0.2, 0.25) is 0 Å². The Balaban J connectivity index is 0.00000231. The molecule has 4 aromatic rings. The molecule has 31 heavy (non-hydrogen) atoms. The van der Waals surface area contributed by atoms with E-state index >= 15 is 0 Å². The van der Waals surface area contributed by atoms with Gasteiger partial charge in [-0.05, 0) is 31.2 Å². The Morgan fingerprint density at radius 1 is 1.03 bits per heavy atom. The molecule has 0 spiro atoms. The maximum atomic E-state index is 13.3. The van der Waals surface area contributed by atoms with Crippen molar-refractivity contribution in [3.63, 3.8) is 0 Å². The van der Waals surface area contributed by atoms with Crippen LogP contribution in [-0.4, -0.2) is 11.6 Å². The first-order chi connectivity index (χ1) is 14.6. The molecule has 0 aliphatic carbocycles. The number of para-hydroxylation sites is 2. The number of nitrogens with zero attached hydrogens (tertiary/aromatic N) is 3. The van der Waals surface area contributed by atoms with Crippen LogP contribution < -0.4 is 48.2 Å². The topological polar surface area (TPSA) is 29.1 Å². The Hall–Kier alpha value is -2.10. The molecule has 0 amide bonds. The monoisotopic (exact) mass is 559 g/mol. The summed E-state index contributed by atoms with van der Waals surface area (Å²) >= 11 is 3.25. The molecular formula is C24H22IN3OS2. The fraction of sp³-hybridized carbons (Fsp3) is 0.167. The van der Waals surface area contributed by atoms with Crippen LogP contribution in [0.4, 0.5) is 5.69 Å². The predicted octanol–water partition coefficient (Wildman–Crippen LogP) is 0.0480. The predicted molar refractivity (Wildman–Crippen MR) is 126 cm³/mol. The van der Waals surface area contributed by atoms with Gasteiger partial charge in [0.15, 0.2) is 0 Å². The van der Waals surface area contributed by atoms with Crippen LogP contribution in [0.3, 0.4) is 0 Å². The van der Waals surface area contributed by atoms with Gasteiger partial charge >= 0.3 is 0 Å². The van der Waals surface area contributed by atoms with E-state index in [0.29, 0.717) is 6.54 Å². The van der Waals surface area contributed by atoms with Crippen molar-refractivity contribution in [3.05, 3.63) is 85.9 Å². The molecule has 3 heterocycles. The highest BCUT2D eigenvalue weighted by Gasteiger charge is 2.24. The zero-order valence-corrected chi connectivity index (χ0v) is 21.3. The summed E-state index contributed by atoms with van der Waals surface area (Å²) in [5.74, 6) is 0. The Morgan fingerprint density at radius 2 is 1.77 bits per heavy atom. The van der Waals surface area contributed by atoms with Gasteiger partial charge in [-0.2, -0.15) is 4.57 Å². The van der Waals surface area contributed by atoms with Gasteiger partial charge in [-0.25, -0.2) is 0 Å². The summed E-state index contributed by atoms with van der Waals surface area (Å²) in [5.41, 5.74) is 3.48. The number of hydrogen-bond acceptors (Lipinski definition) is 4. The number of hydrogen-bond donors (Lipinski definition) is 0. The normalized spacial score (nSPS) is 15.3. The van der Waals surface area contributed by atoms with Crippen LogP contribution >= 0.6 is 23.1 Å². The van der Waals surface area contributed by atoms with E-state index in [-0.39, 0.29) is 29.5 Å². The molecule has 4 nitrogen and oxygen atoms in total. The molecule has 0 radical (unpaired) electrons. The molecule has 0 atom stereocenters. The zero-order valence-electron chi connectivity index (χ0n) is 17.5. The van der Waals surface area contributed by atoms with Gasteiger partial charge in [0, 0.05) is 42.1 Å². The number of thioether (sulfide) groups is 1. The van der Waals surface area contributed by atoms with Gasteiger partial charge in [0.25, 0.3) is 5.56 Å². The van der Waals surface area contributed by atoms with E-state index in [1.54, 1.807) is 23.1 Å². The summed E-state index contributed by atoms with van der Waals surface area (Å²) in [5, 5.41) is 2.21. The van der Waals surface area contributed by atoms with Crippen molar-refractivity contribution in [2.45, 2.75) is 18.4 Å². The molecule has 2 aromatic carbocycles. The third-order valence-corrected chi connectivity index (χ3v) is 8.04. The van der Waals surface area contributed by atoms with Crippen LogP contribution in [0, 0.1) is 0 Å². The van der Waals surface area contributed by atoms with Gasteiger partial charge < -0.3 is 28.9 Å². The van der Waals surface area contributed by atoms with Gasteiger partial charge in [-0.1, -0.05) is 36.0 Å². The fourth-order valence-electron chi connectivity index (χ4n) is 3.90. The van der Waals surface area contributed by atoms with Crippen LogP contribution in [0.1, 0.15) is 12.6 Å². The van der Waals surface area contributed by atoms with Crippen molar-refractivity contribution >= 4 is 50.8 Å². The van der Waals surface area contributed by atoms with Crippen LogP contribution in [0.25, 0.3) is 22.0 Å². The molecule has 0 fully saturated rings. The largest absolute Gasteiger partial charge is 1.00 e. The molecule has 0 unspecified atom stereocenters.